The van der Waals surface area contributed by atoms with Crippen molar-refractivity contribution >= 4 is 23.3 Å². The fraction of sp³-hybridized carbons (Fsp3) is 0.308. The van der Waals surface area contributed by atoms with Crippen molar-refractivity contribution < 1.29 is 14.1 Å². The van der Waals surface area contributed by atoms with Gasteiger partial charge in [0, 0.05) is 10.9 Å². The molecule has 1 saturated heterocycles. The van der Waals surface area contributed by atoms with Crippen LogP contribution in [0.4, 0.5) is 4.79 Å². The maximum absolute atomic E-state index is 12.5. The van der Waals surface area contributed by atoms with Crippen LogP contribution in [-0.2, 0) is 16.9 Å². The standard InChI is InChI=1S/C13H13N3O3S/c1-8-6-9(15-19-8)7-16-11(17)13(2,14-12(16)18)10-4-3-5-20-10/h3-6H,7H2,1-2H3,(H,14,18). The molecular formula is C13H13N3O3S. The molecule has 1 unspecified atom stereocenters. The van der Waals surface area contributed by atoms with Gasteiger partial charge >= 0.3 is 6.03 Å². The number of thiophene rings is 1. The van der Waals surface area contributed by atoms with Crippen LogP contribution in [0, 0.1) is 6.92 Å². The minimum absolute atomic E-state index is 0.114. The average Bonchev–Trinajstić information content (AvgIpc) is 3.09. The summed E-state index contributed by atoms with van der Waals surface area (Å²) in [5, 5.41) is 8.44. The minimum atomic E-state index is -0.996. The zero-order valence-electron chi connectivity index (χ0n) is 11.0. The lowest BCUT2D eigenvalue weighted by Gasteiger charge is -2.19. The predicted molar refractivity (Wildman–Crippen MR) is 72.0 cm³/mol. The van der Waals surface area contributed by atoms with Gasteiger partial charge in [-0.15, -0.1) is 11.3 Å². The molecule has 0 aromatic carbocycles. The first-order valence-electron chi connectivity index (χ1n) is 6.11. The van der Waals surface area contributed by atoms with Crippen molar-refractivity contribution in [3.8, 4) is 0 Å². The fourth-order valence-corrected chi connectivity index (χ4v) is 3.06. The smallest absolute Gasteiger partial charge is 0.325 e. The Morgan fingerprint density at radius 2 is 2.30 bits per heavy atom. The Bertz CT molecular complexity index is 664. The average molecular weight is 291 g/mol. The van der Waals surface area contributed by atoms with Gasteiger partial charge in [0.05, 0.1) is 6.54 Å². The molecule has 2 aromatic rings. The number of carbonyl (C=O) groups excluding carboxylic acids is 2. The molecule has 20 heavy (non-hydrogen) atoms. The summed E-state index contributed by atoms with van der Waals surface area (Å²) in [5.74, 6) is 0.374. The SMILES string of the molecule is Cc1cc(CN2C(=O)NC(C)(c3cccs3)C2=O)no1. The van der Waals surface area contributed by atoms with E-state index >= 15 is 0 Å². The van der Waals surface area contributed by atoms with Gasteiger partial charge in [-0.25, -0.2) is 4.79 Å². The lowest BCUT2D eigenvalue weighted by Crippen LogP contribution is -2.40. The monoisotopic (exact) mass is 291 g/mol. The molecule has 7 heteroatoms. The second-order valence-corrected chi connectivity index (χ2v) is 5.80. The molecule has 1 fully saturated rings. The second kappa shape index (κ2) is 4.45. The summed E-state index contributed by atoms with van der Waals surface area (Å²) in [7, 11) is 0. The number of hydrogen-bond acceptors (Lipinski definition) is 5. The Morgan fingerprint density at radius 3 is 2.90 bits per heavy atom. The molecule has 1 N–H and O–H groups in total. The number of nitrogens with zero attached hydrogens (tertiary/aromatic N) is 2. The predicted octanol–water partition coefficient (Wildman–Crippen LogP) is 2.01. The largest absolute Gasteiger partial charge is 0.361 e. The lowest BCUT2D eigenvalue weighted by atomic mass is 10.0. The Morgan fingerprint density at radius 1 is 1.50 bits per heavy atom. The number of nitrogens with one attached hydrogen (secondary N) is 1. The van der Waals surface area contributed by atoms with Crippen molar-refractivity contribution in [2.45, 2.75) is 25.9 Å². The van der Waals surface area contributed by atoms with Crippen LogP contribution in [0.25, 0.3) is 0 Å². The number of aryl methyl sites for hydroxylation is 1. The number of carbonyl (C=O) groups is 2. The molecule has 3 heterocycles. The Kier molecular flexibility index (Phi) is 2.86. The Labute approximate surface area is 119 Å². The van der Waals surface area contributed by atoms with Crippen LogP contribution in [0.2, 0.25) is 0 Å². The molecule has 3 amide bonds. The highest BCUT2D eigenvalue weighted by Crippen LogP contribution is 2.32. The van der Waals surface area contributed by atoms with Crippen molar-refractivity contribution in [2.75, 3.05) is 0 Å². The van der Waals surface area contributed by atoms with Crippen molar-refractivity contribution in [1.29, 1.82) is 0 Å². The summed E-state index contributed by atoms with van der Waals surface area (Å²) < 4.78 is 4.95. The summed E-state index contributed by atoms with van der Waals surface area (Å²) in [5.41, 5.74) is -0.439. The van der Waals surface area contributed by atoms with Crippen LogP contribution < -0.4 is 5.32 Å². The first kappa shape index (κ1) is 12.9. The van der Waals surface area contributed by atoms with Crippen LogP contribution in [-0.4, -0.2) is 22.0 Å². The topological polar surface area (TPSA) is 75.4 Å². The molecule has 104 valence electrons. The van der Waals surface area contributed by atoms with Crippen LogP contribution >= 0.6 is 11.3 Å². The molecule has 1 aliphatic rings. The summed E-state index contributed by atoms with van der Waals surface area (Å²) in [6, 6.07) is 4.99. The Hall–Kier alpha value is -2.15. The van der Waals surface area contributed by atoms with Gasteiger partial charge in [0.15, 0.2) is 5.54 Å². The third-order valence-electron chi connectivity index (χ3n) is 3.29. The third-order valence-corrected chi connectivity index (χ3v) is 4.38. The number of hydrogen-bond donors (Lipinski definition) is 1. The minimum Gasteiger partial charge on any atom is -0.361 e. The molecule has 3 rings (SSSR count). The summed E-state index contributed by atoms with van der Waals surface area (Å²) >= 11 is 1.44. The van der Waals surface area contributed by atoms with Crippen LogP contribution in [0.5, 0.6) is 0 Å². The van der Waals surface area contributed by atoms with Crippen molar-refractivity contribution in [2.24, 2.45) is 0 Å². The highest BCUT2D eigenvalue weighted by Gasteiger charge is 2.49. The molecule has 0 aliphatic carbocycles. The van der Waals surface area contributed by atoms with E-state index in [-0.39, 0.29) is 12.5 Å². The maximum Gasteiger partial charge on any atom is 0.325 e. The van der Waals surface area contributed by atoms with Crippen molar-refractivity contribution in [3.05, 3.63) is 39.9 Å². The van der Waals surface area contributed by atoms with Crippen molar-refractivity contribution in [3.63, 3.8) is 0 Å². The number of rotatable bonds is 3. The first-order chi connectivity index (χ1) is 9.50. The lowest BCUT2D eigenvalue weighted by molar-refractivity contribution is -0.131. The van der Waals surface area contributed by atoms with E-state index in [2.05, 4.69) is 10.5 Å². The van der Waals surface area contributed by atoms with E-state index in [1.165, 1.54) is 11.3 Å². The molecule has 2 aromatic heterocycles. The highest BCUT2D eigenvalue weighted by molar-refractivity contribution is 7.10. The summed E-state index contributed by atoms with van der Waals surface area (Å²) in [6.07, 6.45) is 0. The summed E-state index contributed by atoms with van der Waals surface area (Å²) in [6.45, 7) is 3.59. The van der Waals surface area contributed by atoms with E-state index in [0.29, 0.717) is 11.5 Å². The molecule has 0 saturated carbocycles. The van der Waals surface area contributed by atoms with Gasteiger partial charge in [0.25, 0.3) is 5.91 Å². The highest BCUT2D eigenvalue weighted by atomic mass is 32.1. The van der Waals surface area contributed by atoms with Gasteiger partial charge in [-0.2, -0.15) is 0 Å². The molecule has 6 nitrogen and oxygen atoms in total. The van der Waals surface area contributed by atoms with Crippen LogP contribution in [0.3, 0.4) is 0 Å². The number of imide groups is 1. The van der Waals surface area contributed by atoms with E-state index in [9.17, 15) is 9.59 Å². The normalized spacial score (nSPS) is 22.4. The molecule has 0 radical (unpaired) electrons. The van der Waals surface area contributed by atoms with Gasteiger partial charge in [0.1, 0.15) is 11.5 Å². The van der Waals surface area contributed by atoms with E-state index in [1.54, 1.807) is 19.9 Å². The number of amides is 3. The fourth-order valence-electron chi connectivity index (χ4n) is 2.23. The van der Waals surface area contributed by atoms with Crippen molar-refractivity contribution in [1.82, 2.24) is 15.4 Å². The van der Waals surface area contributed by atoms with Gasteiger partial charge in [-0.05, 0) is 25.3 Å². The quantitative estimate of drug-likeness (QED) is 0.878. The van der Waals surface area contributed by atoms with Gasteiger partial charge < -0.3 is 9.84 Å². The zero-order chi connectivity index (χ0) is 14.3. The van der Waals surface area contributed by atoms with E-state index in [4.69, 9.17) is 4.52 Å². The molecule has 0 bridgehead atoms. The van der Waals surface area contributed by atoms with Gasteiger partial charge in [-0.1, -0.05) is 11.2 Å². The van der Waals surface area contributed by atoms with Gasteiger partial charge in [-0.3, -0.25) is 9.69 Å². The maximum atomic E-state index is 12.5. The van der Waals surface area contributed by atoms with Gasteiger partial charge in [0.2, 0.25) is 0 Å². The number of urea groups is 1. The zero-order valence-corrected chi connectivity index (χ0v) is 11.9. The molecule has 1 aliphatic heterocycles. The Balaban J connectivity index is 1.87. The first-order valence-corrected chi connectivity index (χ1v) is 6.99. The van der Waals surface area contributed by atoms with Crippen LogP contribution in [0.1, 0.15) is 23.3 Å². The number of aromatic nitrogens is 1. The van der Waals surface area contributed by atoms with E-state index in [0.717, 1.165) is 9.78 Å². The molecular weight excluding hydrogens is 278 g/mol. The van der Waals surface area contributed by atoms with E-state index < -0.39 is 11.6 Å². The summed E-state index contributed by atoms with van der Waals surface area (Å²) in [4.78, 5) is 26.6. The third kappa shape index (κ3) is 1.90. The van der Waals surface area contributed by atoms with E-state index in [1.807, 2.05) is 17.5 Å². The second-order valence-electron chi connectivity index (χ2n) is 4.85. The molecule has 0 spiro atoms. The van der Waals surface area contributed by atoms with Crippen LogP contribution in [0.15, 0.2) is 28.1 Å². The molecule has 1 atom stereocenters.